The van der Waals surface area contributed by atoms with E-state index in [1.165, 1.54) is 0 Å². The minimum Gasteiger partial charge on any atom is -0.480 e. The molecule has 0 atom stereocenters. The van der Waals surface area contributed by atoms with Crippen LogP contribution in [-0.2, 0) is 16.1 Å². The van der Waals surface area contributed by atoms with Crippen LogP contribution in [0.1, 0.15) is 11.1 Å². The second-order valence-corrected chi connectivity index (χ2v) is 7.66. The predicted molar refractivity (Wildman–Crippen MR) is 121 cm³/mol. The fourth-order valence-electron chi connectivity index (χ4n) is 3.47. The number of nitrogens with one attached hydrogen (secondary N) is 2. The van der Waals surface area contributed by atoms with Crippen molar-refractivity contribution in [1.29, 1.82) is 0 Å². The average Bonchev–Trinajstić information content (AvgIpc) is 3.38. The molecule has 0 bridgehead atoms. The van der Waals surface area contributed by atoms with Gasteiger partial charge in [-0.3, -0.25) is 9.89 Å². The molecule has 1 saturated heterocycles. The number of aromatic nitrogens is 2. The van der Waals surface area contributed by atoms with Crippen molar-refractivity contribution < 1.29 is 23.8 Å². The number of hydrogen-bond acceptors (Lipinski definition) is 6. The summed E-state index contributed by atoms with van der Waals surface area (Å²) in [7, 11) is 0. The molecule has 2 N–H and O–H groups in total. The summed E-state index contributed by atoms with van der Waals surface area (Å²) in [5.74, 6) is 0.363. The zero-order valence-electron chi connectivity index (χ0n) is 18.4. The van der Waals surface area contributed by atoms with Gasteiger partial charge in [-0.25, -0.2) is 4.79 Å². The van der Waals surface area contributed by atoms with Crippen molar-refractivity contribution in [2.24, 2.45) is 0 Å². The van der Waals surface area contributed by atoms with E-state index >= 15 is 0 Å². The number of carbonyl (C=O) groups is 2. The molecule has 3 aromatic rings. The summed E-state index contributed by atoms with van der Waals surface area (Å²) < 4.78 is 16.6. The molecule has 0 radical (unpaired) electrons. The molecule has 1 aliphatic rings. The molecule has 2 amide bonds. The predicted octanol–water partition coefficient (Wildman–Crippen LogP) is 2.91. The van der Waals surface area contributed by atoms with Gasteiger partial charge in [0.15, 0.2) is 18.1 Å². The Balaban J connectivity index is 1.44. The molecule has 172 valence electrons. The minimum atomic E-state index is -0.614. The standard InChI is InChI=1S/C24H26N4O5/c1-17-3-2-4-18(11-17)13-25-24(30)33-21-6-5-19(20-14-26-27-15-20)12-22(21)32-16-23(29)28-7-9-31-10-8-28/h2-6,11-12,14-15H,7-10,13,16H2,1H3,(H,25,30)(H,26,27). The Bertz CT molecular complexity index is 1090. The van der Waals surface area contributed by atoms with Crippen LogP contribution in [0.4, 0.5) is 4.79 Å². The zero-order valence-corrected chi connectivity index (χ0v) is 18.4. The Hall–Kier alpha value is -3.85. The Morgan fingerprint density at radius 2 is 1.97 bits per heavy atom. The summed E-state index contributed by atoms with van der Waals surface area (Å²) >= 11 is 0. The van der Waals surface area contributed by atoms with E-state index in [2.05, 4.69) is 15.5 Å². The Labute approximate surface area is 191 Å². The van der Waals surface area contributed by atoms with Crippen molar-refractivity contribution >= 4 is 12.0 Å². The van der Waals surface area contributed by atoms with Crippen LogP contribution in [0.25, 0.3) is 11.1 Å². The lowest BCUT2D eigenvalue weighted by atomic mass is 10.1. The van der Waals surface area contributed by atoms with Gasteiger partial charge < -0.3 is 24.4 Å². The summed E-state index contributed by atoms with van der Waals surface area (Å²) in [4.78, 5) is 26.6. The van der Waals surface area contributed by atoms with Crippen molar-refractivity contribution in [3.05, 3.63) is 66.0 Å². The number of rotatable bonds is 7. The molecule has 9 nitrogen and oxygen atoms in total. The van der Waals surface area contributed by atoms with Crippen molar-refractivity contribution in [3.63, 3.8) is 0 Å². The molecule has 0 saturated carbocycles. The summed E-state index contributed by atoms with van der Waals surface area (Å²) in [6.45, 7) is 4.24. The molecule has 1 fully saturated rings. The first kappa shape index (κ1) is 22.3. The van der Waals surface area contributed by atoms with Gasteiger partial charge in [-0.05, 0) is 30.2 Å². The van der Waals surface area contributed by atoms with Gasteiger partial charge in [0.2, 0.25) is 0 Å². The maximum absolute atomic E-state index is 12.5. The maximum atomic E-state index is 12.5. The number of benzene rings is 2. The number of morpholine rings is 1. The molecule has 1 aliphatic heterocycles. The molecule has 33 heavy (non-hydrogen) atoms. The van der Waals surface area contributed by atoms with Crippen molar-refractivity contribution in [2.45, 2.75) is 13.5 Å². The van der Waals surface area contributed by atoms with E-state index < -0.39 is 6.09 Å². The average molecular weight is 450 g/mol. The van der Waals surface area contributed by atoms with Gasteiger partial charge in [0.25, 0.3) is 5.91 Å². The van der Waals surface area contributed by atoms with E-state index in [-0.39, 0.29) is 18.3 Å². The number of ether oxygens (including phenoxy) is 3. The SMILES string of the molecule is Cc1cccc(CNC(=O)Oc2ccc(-c3cn[nH]c3)cc2OCC(=O)N2CCOCC2)c1. The van der Waals surface area contributed by atoms with Gasteiger partial charge in [-0.15, -0.1) is 0 Å². The number of H-pyrrole nitrogens is 1. The van der Waals surface area contributed by atoms with Gasteiger partial charge in [0.05, 0.1) is 19.4 Å². The molecule has 2 aromatic carbocycles. The van der Waals surface area contributed by atoms with Crippen LogP contribution in [0.5, 0.6) is 11.5 Å². The van der Waals surface area contributed by atoms with E-state index in [1.807, 2.05) is 31.2 Å². The van der Waals surface area contributed by atoms with Crippen molar-refractivity contribution in [1.82, 2.24) is 20.4 Å². The molecule has 2 heterocycles. The van der Waals surface area contributed by atoms with Crippen LogP contribution in [0.15, 0.2) is 54.9 Å². The van der Waals surface area contributed by atoms with E-state index in [0.29, 0.717) is 38.6 Å². The normalized spacial score (nSPS) is 13.4. The fourth-order valence-corrected chi connectivity index (χ4v) is 3.47. The number of aromatic amines is 1. The van der Waals surface area contributed by atoms with Crippen LogP contribution >= 0.6 is 0 Å². The van der Waals surface area contributed by atoms with E-state index in [0.717, 1.165) is 22.3 Å². The van der Waals surface area contributed by atoms with E-state index in [1.54, 1.807) is 35.5 Å². The van der Waals surface area contributed by atoms with Crippen LogP contribution < -0.4 is 14.8 Å². The maximum Gasteiger partial charge on any atom is 0.413 e. The zero-order chi connectivity index (χ0) is 23.0. The number of hydrogen-bond donors (Lipinski definition) is 2. The highest BCUT2D eigenvalue weighted by atomic mass is 16.6. The molecule has 0 unspecified atom stereocenters. The highest BCUT2D eigenvalue weighted by molar-refractivity contribution is 5.78. The fraction of sp³-hybridized carbons (Fsp3) is 0.292. The van der Waals surface area contributed by atoms with Gasteiger partial charge in [-0.1, -0.05) is 35.9 Å². The first-order valence-corrected chi connectivity index (χ1v) is 10.7. The van der Waals surface area contributed by atoms with Crippen LogP contribution in [0.3, 0.4) is 0 Å². The topological polar surface area (TPSA) is 106 Å². The molecule has 0 aliphatic carbocycles. The lowest BCUT2D eigenvalue weighted by Gasteiger charge is -2.26. The van der Waals surface area contributed by atoms with Crippen LogP contribution in [0.2, 0.25) is 0 Å². The molecular weight excluding hydrogens is 424 g/mol. The van der Waals surface area contributed by atoms with Gasteiger partial charge in [0.1, 0.15) is 0 Å². The summed E-state index contributed by atoms with van der Waals surface area (Å²) in [5.41, 5.74) is 3.73. The smallest absolute Gasteiger partial charge is 0.413 e. The van der Waals surface area contributed by atoms with Crippen molar-refractivity contribution in [3.8, 4) is 22.6 Å². The second kappa shape index (κ2) is 10.6. The molecule has 0 spiro atoms. The monoisotopic (exact) mass is 450 g/mol. The molecule has 4 rings (SSSR count). The third-order valence-corrected chi connectivity index (χ3v) is 5.21. The highest BCUT2D eigenvalue weighted by Gasteiger charge is 2.19. The van der Waals surface area contributed by atoms with Crippen molar-refractivity contribution in [2.75, 3.05) is 32.9 Å². The van der Waals surface area contributed by atoms with E-state index in [9.17, 15) is 9.59 Å². The van der Waals surface area contributed by atoms with Crippen LogP contribution in [-0.4, -0.2) is 60.0 Å². The summed E-state index contributed by atoms with van der Waals surface area (Å²) in [6.07, 6.45) is 2.80. The van der Waals surface area contributed by atoms with Gasteiger partial charge >= 0.3 is 6.09 Å². The lowest BCUT2D eigenvalue weighted by Crippen LogP contribution is -2.43. The third-order valence-electron chi connectivity index (χ3n) is 5.21. The lowest BCUT2D eigenvalue weighted by molar-refractivity contribution is -0.137. The number of amides is 2. The summed E-state index contributed by atoms with van der Waals surface area (Å²) in [6, 6.07) is 13.0. The summed E-state index contributed by atoms with van der Waals surface area (Å²) in [5, 5.41) is 9.46. The van der Waals surface area contributed by atoms with Gasteiger partial charge in [0, 0.05) is 31.4 Å². The largest absolute Gasteiger partial charge is 0.480 e. The first-order valence-electron chi connectivity index (χ1n) is 10.7. The second-order valence-electron chi connectivity index (χ2n) is 7.66. The Morgan fingerprint density at radius 3 is 2.73 bits per heavy atom. The van der Waals surface area contributed by atoms with E-state index in [4.69, 9.17) is 14.2 Å². The molecular formula is C24H26N4O5. The number of aryl methyl sites for hydroxylation is 1. The third kappa shape index (κ3) is 6.11. The first-order chi connectivity index (χ1) is 16.1. The minimum absolute atomic E-state index is 0.151. The van der Waals surface area contributed by atoms with Gasteiger partial charge in [-0.2, -0.15) is 5.10 Å². The Morgan fingerprint density at radius 1 is 1.12 bits per heavy atom. The molecule has 9 heteroatoms. The Kier molecular flexibility index (Phi) is 7.21. The quantitative estimate of drug-likeness (QED) is 0.573. The van der Waals surface area contributed by atoms with Crippen LogP contribution in [0, 0.1) is 6.92 Å². The number of nitrogens with zero attached hydrogens (tertiary/aromatic N) is 2. The molecule has 1 aromatic heterocycles. The number of carbonyl (C=O) groups excluding carboxylic acids is 2. The highest BCUT2D eigenvalue weighted by Crippen LogP contribution is 2.32.